The van der Waals surface area contributed by atoms with E-state index in [0.29, 0.717) is 31.2 Å². The van der Waals surface area contributed by atoms with Gasteiger partial charge in [0.2, 0.25) is 0 Å². The Morgan fingerprint density at radius 2 is 2.18 bits per heavy atom. The van der Waals surface area contributed by atoms with Crippen molar-refractivity contribution in [3.63, 3.8) is 0 Å². The largest absolute Gasteiger partial charge is 0.383 e. The van der Waals surface area contributed by atoms with Crippen LogP contribution in [-0.4, -0.2) is 80.4 Å². The van der Waals surface area contributed by atoms with E-state index in [9.17, 15) is 4.79 Å². The molecular formula is C14H23N5O3. The van der Waals surface area contributed by atoms with Crippen LogP contribution in [0.3, 0.4) is 0 Å². The summed E-state index contributed by atoms with van der Waals surface area (Å²) >= 11 is 0. The van der Waals surface area contributed by atoms with E-state index in [-0.39, 0.29) is 5.91 Å². The van der Waals surface area contributed by atoms with Crippen molar-refractivity contribution < 1.29 is 14.3 Å². The highest BCUT2D eigenvalue weighted by Crippen LogP contribution is 2.03. The maximum absolute atomic E-state index is 12.1. The number of amides is 1. The average molecular weight is 309 g/mol. The number of hydrogen-bond acceptors (Lipinski definition) is 7. The van der Waals surface area contributed by atoms with E-state index in [4.69, 9.17) is 9.47 Å². The van der Waals surface area contributed by atoms with Gasteiger partial charge in [-0.15, -0.1) is 0 Å². The standard InChI is InChI=1S/C14H23N5O3/c1-21-7-3-15-13-10-12(17-11-18-13)14(20)16-2-4-19-5-8-22-9-6-19/h10-11H,2-9H2,1H3,(H,16,20)(H,15,17,18). The molecule has 0 atom stereocenters. The number of methoxy groups -OCH3 is 1. The minimum absolute atomic E-state index is 0.189. The monoisotopic (exact) mass is 309 g/mol. The van der Waals surface area contributed by atoms with E-state index in [0.717, 1.165) is 32.8 Å². The number of carbonyl (C=O) groups excluding carboxylic acids is 1. The van der Waals surface area contributed by atoms with Gasteiger partial charge < -0.3 is 20.1 Å². The highest BCUT2D eigenvalue weighted by molar-refractivity contribution is 5.92. The van der Waals surface area contributed by atoms with Crippen molar-refractivity contribution in [2.75, 3.05) is 65.0 Å². The van der Waals surface area contributed by atoms with Gasteiger partial charge >= 0.3 is 0 Å². The van der Waals surface area contributed by atoms with E-state index < -0.39 is 0 Å². The van der Waals surface area contributed by atoms with Gasteiger partial charge in [-0.05, 0) is 0 Å². The number of nitrogens with zero attached hydrogens (tertiary/aromatic N) is 3. The first-order valence-corrected chi connectivity index (χ1v) is 7.43. The molecule has 0 saturated carbocycles. The van der Waals surface area contributed by atoms with Gasteiger partial charge in [0, 0.05) is 45.9 Å². The Balaban J connectivity index is 1.75. The van der Waals surface area contributed by atoms with Crippen molar-refractivity contribution in [2.24, 2.45) is 0 Å². The molecule has 2 rings (SSSR count). The summed E-state index contributed by atoms with van der Waals surface area (Å²) in [6.07, 6.45) is 1.38. The smallest absolute Gasteiger partial charge is 0.270 e. The Labute approximate surface area is 130 Å². The van der Waals surface area contributed by atoms with Crippen LogP contribution < -0.4 is 10.6 Å². The molecule has 0 aliphatic carbocycles. The summed E-state index contributed by atoms with van der Waals surface area (Å²) in [6.45, 7) is 5.96. The summed E-state index contributed by atoms with van der Waals surface area (Å²) in [7, 11) is 1.63. The van der Waals surface area contributed by atoms with Gasteiger partial charge in [0.25, 0.3) is 5.91 Å². The van der Waals surface area contributed by atoms with Crippen LogP contribution >= 0.6 is 0 Å². The zero-order valence-electron chi connectivity index (χ0n) is 12.9. The quantitative estimate of drug-likeness (QED) is 0.631. The number of nitrogens with one attached hydrogen (secondary N) is 2. The Morgan fingerprint density at radius 3 is 2.95 bits per heavy atom. The second-order valence-corrected chi connectivity index (χ2v) is 4.92. The zero-order chi connectivity index (χ0) is 15.6. The minimum Gasteiger partial charge on any atom is -0.383 e. The summed E-state index contributed by atoms with van der Waals surface area (Å²) in [5, 5.41) is 5.95. The Morgan fingerprint density at radius 1 is 1.36 bits per heavy atom. The van der Waals surface area contributed by atoms with Crippen LogP contribution in [-0.2, 0) is 9.47 Å². The van der Waals surface area contributed by atoms with Crippen LogP contribution in [0.2, 0.25) is 0 Å². The van der Waals surface area contributed by atoms with E-state index in [2.05, 4.69) is 25.5 Å². The molecule has 0 radical (unpaired) electrons. The first-order chi connectivity index (χ1) is 10.8. The maximum atomic E-state index is 12.1. The minimum atomic E-state index is -0.189. The van der Waals surface area contributed by atoms with Gasteiger partial charge in [-0.3, -0.25) is 9.69 Å². The number of hydrogen-bond donors (Lipinski definition) is 2. The molecule has 122 valence electrons. The molecule has 1 saturated heterocycles. The molecule has 0 spiro atoms. The van der Waals surface area contributed by atoms with Gasteiger partial charge in [-0.25, -0.2) is 9.97 Å². The molecule has 0 unspecified atom stereocenters. The molecule has 8 nitrogen and oxygen atoms in total. The lowest BCUT2D eigenvalue weighted by Crippen LogP contribution is -2.41. The van der Waals surface area contributed by atoms with Crippen LogP contribution in [0.4, 0.5) is 5.82 Å². The Hall–Kier alpha value is -1.77. The first kappa shape index (κ1) is 16.6. The number of morpholine rings is 1. The molecule has 1 fully saturated rings. The molecule has 0 bridgehead atoms. The molecule has 0 aromatic carbocycles. The molecule has 1 aliphatic heterocycles. The number of carbonyl (C=O) groups is 1. The Bertz CT molecular complexity index is 466. The van der Waals surface area contributed by atoms with Gasteiger partial charge in [-0.1, -0.05) is 0 Å². The fraction of sp³-hybridized carbons (Fsp3) is 0.643. The van der Waals surface area contributed by atoms with E-state index in [1.54, 1.807) is 13.2 Å². The molecular weight excluding hydrogens is 286 g/mol. The second-order valence-electron chi connectivity index (χ2n) is 4.92. The summed E-state index contributed by atoms with van der Waals surface area (Å²) in [5.41, 5.74) is 0.358. The topological polar surface area (TPSA) is 88.6 Å². The van der Waals surface area contributed by atoms with E-state index >= 15 is 0 Å². The van der Waals surface area contributed by atoms with Crippen molar-refractivity contribution >= 4 is 11.7 Å². The maximum Gasteiger partial charge on any atom is 0.270 e. The van der Waals surface area contributed by atoms with Crippen LogP contribution in [0.15, 0.2) is 12.4 Å². The summed E-state index contributed by atoms with van der Waals surface area (Å²) in [5.74, 6) is 0.427. The number of anilines is 1. The van der Waals surface area contributed by atoms with Crippen LogP contribution in [0.5, 0.6) is 0 Å². The second kappa shape index (κ2) is 9.29. The summed E-state index contributed by atoms with van der Waals surface area (Å²) in [4.78, 5) is 22.4. The van der Waals surface area contributed by atoms with Crippen LogP contribution in [0.1, 0.15) is 10.5 Å². The molecule has 1 aromatic heterocycles. The normalized spacial score (nSPS) is 15.5. The molecule has 2 N–H and O–H groups in total. The highest BCUT2D eigenvalue weighted by atomic mass is 16.5. The van der Waals surface area contributed by atoms with E-state index in [1.165, 1.54) is 6.33 Å². The van der Waals surface area contributed by atoms with E-state index in [1.807, 2.05) is 0 Å². The number of rotatable bonds is 8. The lowest BCUT2D eigenvalue weighted by atomic mass is 10.3. The average Bonchev–Trinajstić information content (AvgIpc) is 2.56. The third-order valence-corrected chi connectivity index (χ3v) is 3.33. The molecule has 1 amide bonds. The molecule has 8 heteroatoms. The van der Waals surface area contributed by atoms with Gasteiger partial charge in [0.05, 0.1) is 19.8 Å². The van der Waals surface area contributed by atoms with Crippen molar-refractivity contribution in [1.29, 1.82) is 0 Å². The van der Waals surface area contributed by atoms with Crippen LogP contribution in [0.25, 0.3) is 0 Å². The third kappa shape index (κ3) is 5.55. The lowest BCUT2D eigenvalue weighted by Gasteiger charge is -2.26. The van der Waals surface area contributed by atoms with Crippen molar-refractivity contribution in [2.45, 2.75) is 0 Å². The highest BCUT2D eigenvalue weighted by Gasteiger charge is 2.12. The van der Waals surface area contributed by atoms with Crippen molar-refractivity contribution in [1.82, 2.24) is 20.2 Å². The Kier molecular flexibility index (Phi) is 7.01. The zero-order valence-corrected chi connectivity index (χ0v) is 12.9. The van der Waals surface area contributed by atoms with Crippen LogP contribution in [0, 0.1) is 0 Å². The van der Waals surface area contributed by atoms with Gasteiger partial charge in [0.1, 0.15) is 17.8 Å². The third-order valence-electron chi connectivity index (χ3n) is 3.33. The number of aromatic nitrogens is 2. The molecule has 2 heterocycles. The number of ether oxygens (including phenoxy) is 2. The fourth-order valence-electron chi connectivity index (χ4n) is 2.10. The lowest BCUT2D eigenvalue weighted by molar-refractivity contribution is 0.0383. The summed E-state index contributed by atoms with van der Waals surface area (Å²) < 4.78 is 10.2. The van der Waals surface area contributed by atoms with Crippen molar-refractivity contribution in [3.05, 3.63) is 18.1 Å². The van der Waals surface area contributed by atoms with Crippen molar-refractivity contribution in [3.8, 4) is 0 Å². The van der Waals surface area contributed by atoms with Gasteiger partial charge in [0.15, 0.2) is 0 Å². The molecule has 1 aromatic rings. The van der Waals surface area contributed by atoms with Gasteiger partial charge in [-0.2, -0.15) is 0 Å². The predicted octanol–water partition coefficient (Wildman–Crippen LogP) is -0.403. The predicted molar refractivity (Wildman–Crippen MR) is 82.0 cm³/mol. The SMILES string of the molecule is COCCNc1cc(C(=O)NCCN2CCOCC2)ncn1. The molecule has 1 aliphatic rings. The molecule has 22 heavy (non-hydrogen) atoms. The first-order valence-electron chi connectivity index (χ1n) is 7.43. The fourth-order valence-corrected chi connectivity index (χ4v) is 2.10. The summed E-state index contributed by atoms with van der Waals surface area (Å²) in [6, 6.07) is 1.64.